The van der Waals surface area contributed by atoms with Crippen molar-refractivity contribution in [3.63, 3.8) is 0 Å². The van der Waals surface area contributed by atoms with E-state index in [1.165, 1.54) is 52.3 Å². The molecule has 0 aliphatic heterocycles. The minimum Gasteiger partial charge on any atom is -0.406 e. The highest BCUT2D eigenvalue weighted by atomic mass is 32.2. The molecule has 0 saturated carbocycles. The van der Waals surface area contributed by atoms with Gasteiger partial charge in [-0.3, -0.25) is 4.79 Å². The highest BCUT2D eigenvalue weighted by Gasteiger charge is 2.30. The standard InChI is InChI=1S/C13H13F3N4O2S2/c1-20(2)10(21)7-23-12-19-18-11(24-12)17-8-3-5-9(6-4-8)22-13(14,15)16/h3-6H,7H2,1-2H3,(H,17,18). The lowest BCUT2D eigenvalue weighted by molar-refractivity contribution is -0.274. The average Bonchev–Trinajstić information content (AvgIpc) is 2.92. The molecular formula is C13H13F3N4O2S2. The van der Waals surface area contributed by atoms with E-state index in [0.717, 1.165) is 0 Å². The fourth-order valence-corrected chi connectivity index (χ4v) is 3.19. The minimum atomic E-state index is -4.72. The summed E-state index contributed by atoms with van der Waals surface area (Å²) in [6, 6.07) is 5.26. The molecule has 130 valence electrons. The summed E-state index contributed by atoms with van der Waals surface area (Å²) in [6.07, 6.45) is -4.72. The van der Waals surface area contributed by atoms with Gasteiger partial charge in [-0.1, -0.05) is 23.1 Å². The second kappa shape index (κ2) is 7.71. The van der Waals surface area contributed by atoms with Crippen molar-refractivity contribution in [3.8, 4) is 5.75 Å². The summed E-state index contributed by atoms with van der Waals surface area (Å²) in [7, 11) is 3.34. The SMILES string of the molecule is CN(C)C(=O)CSc1nnc(Nc2ccc(OC(F)(F)F)cc2)s1. The molecule has 1 N–H and O–H groups in total. The van der Waals surface area contributed by atoms with Crippen LogP contribution >= 0.6 is 23.1 Å². The maximum atomic E-state index is 12.1. The van der Waals surface area contributed by atoms with Gasteiger partial charge in [0.15, 0.2) is 4.34 Å². The number of ether oxygens (including phenoxy) is 1. The molecule has 0 spiro atoms. The number of halogens is 3. The van der Waals surface area contributed by atoms with Crippen LogP contribution in [0.1, 0.15) is 0 Å². The predicted molar refractivity (Wildman–Crippen MR) is 85.7 cm³/mol. The molecular weight excluding hydrogens is 365 g/mol. The highest BCUT2D eigenvalue weighted by Crippen LogP contribution is 2.29. The summed E-state index contributed by atoms with van der Waals surface area (Å²) < 4.78 is 40.7. The Hall–Kier alpha value is -2.01. The molecule has 1 heterocycles. The molecule has 2 rings (SSSR count). The summed E-state index contributed by atoms with van der Waals surface area (Å²) >= 11 is 2.51. The number of thioether (sulfide) groups is 1. The summed E-state index contributed by atoms with van der Waals surface area (Å²) in [6.45, 7) is 0. The monoisotopic (exact) mass is 378 g/mol. The van der Waals surface area contributed by atoms with Crippen LogP contribution in [0.5, 0.6) is 5.75 Å². The van der Waals surface area contributed by atoms with Crippen LogP contribution in [0.15, 0.2) is 28.6 Å². The molecule has 11 heteroatoms. The average molecular weight is 378 g/mol. The Morgan fingerprint density at radius 3 is 2.54 bits per heavy atom. The van der Waals surface area contributed by atoms with Crippen molar-refractivity contribution in [2.75, 3.05) is 25.2 Å². The Bertz CT molecular complexity index is 689. The van der Waals surface area contributed by atoms with E-state index < -0.39 is 6.36 Å². The molecule has 2 aromatic rings. The molecule has 1 aromatic carbocycles. The van der Waals surface area contributed by atoms with Crippen molar-refractivity contribution in [1.29, 1.82) is 0 Å². The zero-order valence-electron chi connectivity index (χ0n) is 12.6. The molecule has 0 fully saturated rings. The number of hydrogen-bond acceptors (Lipinski definition) is 7. The fourth-order valence-electron chi connectivity index (χ4n) is 1.43. The Morgan fingerprint density at radius 1 is 1.29 bits per heavy atom. The van der Waals surface area contributed by atoms with Gasteiger partial charge in [0, 0.05) is 19.8 Å². The van der Waals surface area contributed by atoms with Crippen LogP contribution < -0.4 is 10.1 Å². The molecule has 24 heavy (non-hydrogen) atoms. The van der Waals surface area contributed by atoms with E-state index in [2.05, 4.69) is 20.3 Å². The first-order chi connectivity index (χ1) is 11.2. The van der Waals surface area contributed by atoms with E-state index in [1.807, 2.05) is 0 Å². The zero-order valence-corrected chi connectivity index (χ0v) is 14.3. The van der Waals surface area contributed by atoms with Gasteiger partial charge >= 0.3 is 6.36 Å². The number of carbonyl (C=O) groups is 1. The number of hydrogen-bond donors (Lipinski definition) is 1. The topological polar surface area (TPSA) is 67.4 Å². The van der Waals surface area contributed by atoms with Crippen molar-refractivity contribution in [1.82, 2.24) is 15.1 Å². The number of nitrogens with zero attached hydrogens (tertiary/aromatic N) is 3. The second-order valence-electron chi connectivity index (χ2n) is 4.65. The molecule has 0 bridgehead atoms. The summed E-state index contributed by atoms with van der Waals surface area (Å²) in [5, 5.41) is 11.2. The molecule has 0 radical (unpaired) electrons. The zero-order chi connectivity index (χ0) is 17.7. The van der Waals surface area contributed by atoms with Crippen molar-refractivity contribution in [2.45, 2.75) is 10.7 Å². The summed E-state index contributed by atoms with van der Waals surface area (Å²) in [5.74, 6) is -0.0841. The Balaban J connectivity index is 1.91. The highest BCUT2D eigenvalue weighted by molar-refractivity contribution is 8.01. The summed E-state index contributed by atoms with van der Waals surface area (Å²) in [4.78, 5) is 13.0. The Morgan fingerprint density at radius 2 is 1.96 bits per heavy atom. The smallest absolute Gasteiger partial charge is 0.406 e. The lowest BCUT2D eigenvalue weighted by atomic mass is 10.3. The lowest BCUT2D eigenvalue weighted by Gasteiger charge is -2.09. The van der Waals surface area contributed by atoms with Crippen molar-refractivity contribution in [2.24, 2.45) is 0 Å². The maximum absolute atomic E-state index is 12.1. The normalized spacial score (nSPS) is 11.2. The second-order valence-corrected chi connectivity index (χ2v) is 6.85. The van der Waals surface area contributed by atoms with Gasteiger partial charge < -0.3 is 15.0 Å². The number of anilines is 2. The van der Waals surface area contributed by atoms with Gasteiger partial charge in [-0.15, -0.1) is 23.4 Å². The predicted octanol–water partition coefficient (Wildman–Crippen LogP) is 3.36. The van der Waals surface area contributed by atoms with Crippen LogP contribution in [0.2, 0.25) is 0 Å². The molecule has 0 aliphatic rings. The number of alkyl halides is 3. The number of carbonyl (C=O) groups excluding carboxylic acids is 1. The third-order valence-electron chi connectivity index (χ3n) is 2.56. The lowest BCUT2D eigenvalue weighted by Crippen LogP contribution is -2.23. The third kappa shape index (κ3) is 5.89. The van der Waals surface area contributed by atoms with Crippen LogP contribution in [-0.4, -0.2) is 47.2 Å². The maximum Gasteiger partial charge on any atom is 0.573 e. The minimum absolute atomic E-state index is 0.0371. The van der Waals surface area contributed by atoms with Crippen molar-refractivity contribution < 1.29 is 22.7 Å². The quantitative estimate of drug-likeness (QED) is 0.778. The largest absolute Gasteiger partial charge is 0.573 e. The van der Waals surface area contributed by atoms with E-state index >= 15 is 0 Å². The van der Waals surface area contributed by atoms with Gasteiger partial charge in [-0.05, 0) is 24.3 Å². The van der Waals surface area contributed by atoms with Gasteiger partial charge in [0.25, 0.3) is 0 Å². The van der Waals surface area contributed by atoms with E-state index in [-0.39, 0.29) is 17.4 Å². The van der Waals surface area contributed by atoms with Crippen LogP contribution in [-0.2, 0) is 4.79 Å². The summed E-state index contributed by atoms with van der Waals surface area (Å²) in [5.41, 5.74) is 0.543. The Kier molecular flexibility index (Phi) is 5.89. The van der Waals surface area contributed by atoms with E-state index in [1.54, 1.807) is 14.1 Å². The van der Waals surface area contributed by atoms with Crippen LogP contribution in [0.3, 0.4) is 0 Å². The van der Waals surface area contributed by atoms with Crippen molar-refractivity contribution in [3.05, 3.63) is 24.3 Å². The molecule has 0 atom stereocenters. The molecule has 1 amide bonds. The van der Waals surface area contributed by atoms with Gasteiger partial charge in [-0.2, -0.15) is 0 Å². The fraction of sp³-hybridized carbons (Fsp3) is 0.308. The number of amides is 1. The Labute approximate surface area is 144 Å². The molecule has 0 aliphatic carbocycles. The molecule has 0 unspecified atom stereocenters. The van der Waals surface area contributed by atoms with Crippen LogP contribution in [0, 0.1) is 0 Å². The van der Waals surface area contributed by atoms with Gasteiger partial charge in [0.1, 0.15) is 5.75 Å². The third-order valence-corrected chi connectivity index (χ3v) is 4.52. The van der Waals surface area contributed by atoms with Crippen LogP contribution in [0.25, 0.3) is 0 Å². The molecule has 1 aromatic heterocycles. The van der Waals surface area contributed by atoms with E-state index in [0.29, 0.717) is 15.2 Å². The van der Waals surface area contributed by atoms with Gasteiger partial charge in [0.05, 0.1) is 5.75 Å². The van der Waals surface area contributed by atoms with Gasteiger partial charge in [0.2, 0.25) is 11.0 Å². The number of rotatable bonds is 6. The number of aromatic nitrogens is 2. The first-order valence-electron chi connectivity index (χ1n) is 6.52. The van der Waals surface area contributed by atoms with Crippen LogP contribution in [0.4, 0.5) is 24.0 Å². The molecule has 6 nitrogen and oxygen atoms in total. The van der Waals surface area contributed by atoms with Crippen molar-refractivity contribution >= 4 is 39.8 Å². The van der Waals surface area contributed by atoms with E-state index in [4.69, 9.17) is 0 Å². The first-order valence-corrected chi connectivity index (χ1v) is 8.32. The number of nitrogens with one attached hydrogen (secondary N) is 1. The molecule has 0 saturated heterocycles. The van der Waals surface area contributed by atoms with Gasteiger partial charge in [-0.25, -0.2) is 0 Å². The first kappa shape index (κ1) is 18.3. The number of benzene rings is 1. The van der Waals surface area contributed by atoms with E-state index in [9.17, 15) is 18.0 Å².